The second-order valence-electron chi connectivity index (χ2n) is 7.05. The summed E-state index contributed by atoms with van der Waals surface area (Å²) >= 11 is 0. The van der Waals surface area contributed by atoms with Crippen LogP contribution in [0.5, 0.6) is 0 Å². The van der Waals surface area contributed by atoms with E-state index in [1.165, 1.54) is 27.8 Å². The lowest BCUT2D eigenvalue weighted by Crippen LogP contribution is -2.02. The first-order valence-corrected chi connectivity index (χ1v) is 8.90. The maximum Gasteiger partial charge on any atom is 0.141 e. The van der Waals surface area contributed by atoms with Crippen molar-refractivity contribution in [1.82, 2.24) is 9.55 Å². The summed E-state index contributed by atoms with van der Waals surface area (Å²) < 4.78 is 2.30. The van der Waals surface area contributed by atoms with Gasteiger partial charge in [0.25, 0.3) is 0 Å². The Labute approximate surface area is 154 Å². The molecular formula is C23H23N3. The molecule has 0 fully saturated rings. The predicted octanol–water partition coefficient (Wildman–Crippen LogP) is 5.26. The lowest BCUT2D eigenvalue weighted by atomic mass is 10.1. The van der Waals surface area contributed by atoms with Crippen molar-refractivity contribution in [2.24, 2.45) is 0 Å². The van der Waals surface area contributed by atoms with Gasteiger partial charge in [-0.15, -0.1) is 0 Å². The standard InChI is InChI=1S/C23H23N3/c1-15-4-6-18(7-5-15)14-26-22-13-17(3)16(2)12-21(22)25-23(26)19-8-10-20(24)11-9-19/h4-13H,14,24H2,1-3H3. The van der Waals surface area contributed by atoms with E-state index < -0.39 is 0 Å². The number of hydrogen-bond donors (Lipinski definition) is 1. The Hall–Kier alpha value is -3.07. The van der Waals surface area contributed by atoms with E-state index in [-0.39, 0.29) is 0 Å². The Balaban J connectivity index is 1.91. The fourth-order valence-electron chi connectivity index (χ4n) is 3.27. The monoisotopic (exact) mass is 341 g/mol. The second kappa shape index (κ2) is 6.34. The van der Waals surface area contributed by atoms with Gasteiger partial charge in [-0.2, -0.15) is 0 Å². The molecule has 26 heavy (non-hydrogen) atoms. The summed E-state index contributed by atoms with van der Waals surface area (Å²) in [4.78, 5) is 4.95. The minimum Gasteiger partial charge on any atom is -0.399 e. The molecule has 0 spiro atoms. The van der Waals surface area contributed by atoms with E-state index in [2.05, 4.69) is 61.7 Å². The number of benzene rings is 3. The highest BCUT2D eigenvalue weighted by molar-refractivity contribution is 5.82. The highest BCUT2D eigenvalue weighted by atomic mass is 15.1. The van der Waals surface area contributed by atoms with Gasteiger partial charge in [0.05, 0.1) is 11.0 Å². The number of fused-ring (bicyclic) bond motifs is 1. The highest BCUT2D eigenvalue weighted by Gasteiger charge is 2.14. The molecule has 4 aromatic rings. The lowest BCUT2D eigenvalue weighted by Gasteiger charge is -2.11. The minimum absolute atomic E-state index is 0.765. The summed E-state index contributed by atoms with van der Waals surface area (Å²) in [6.45, 7) is 7.19. The first-order chi connectivity index (χ1) is 12.5. The van der Waals surface area contributed by atoms with E-state index in [1.807, 2.05) is 24.3 Å². The van der Waals surface area contributed by atoms with Crippen LogP contribution in [0, 0.1) is 20.8 Å². The molecule has 0 amide bonds. The van der Waals surface area contributed by atoms with Crippen LogP contribution >= 0.6 is 0 Å². The van der Waals surface area contributed by atoms with Crippen molar-refractivity contribution >= 4 is 16.7 Å². The number of hydrogen-bond acceptors (Lipinski definition) is 2. The molecule has 0 atom stereocenters. The number of aryl methyl sites for hydroxylation is 3. The molecule has 1 heterocycles. The molecule has 3 nitrogen and oxygen atoms in total. The molecule has 0 unspecified atom stereocenters. The zero-order valence-corrected chi connectivity index (χ0v) is 15.5. The van der Waals surface area contributed by atoms with Gasteiger partial charge in [-0.3, -0.25) is 0 Å². The normalized spacial score (nSPS) is 11.2. The van der Waals surface area contributed by atoms with Crippen LogP contribution in [0.2, 0.25) is 0 Å². The molecule has 2 N–H and O–H groups in total. The van der Waals surface area contributed by atoms with Crippen molar-refractivity contribution in [3.8, 4) is 11.4 Å². The molecule has 0 saturated carbocycles. The number of nitrogen functional groups attached to an aromatic ring is 1. The van der Waals surface area contributed by atoms with Crippen molar-refractivity contribution < 1.29 is 0 Å². The van der Waals surface area contributed by atoms with Crippen LogP contribution in [0.25, 0.3) is 22.4 Å². The van der Waals surface area contributed by atoms with Gasteiger partial charge in [0.15, 0.2) is 0 Å². The smallest absolute Gasteiger partial charge is 0.141 e. The topological polar surface area (TPSA) is 43.8 Å². The van der Waals surface area contributed by atoms with E-state index in [0.29, 0.717) is 0 Å². The zero-order chi connectivity index (χ0) is 18.3. The van der Waals surface area contributed by atoms with Crippen molar-refractivity contribution in [3.05, 3.63) is 82.9 Å². The molecule has 0 aliphatic rings. The molecule has 3 aromatic carbocycles. The van der Waals surface area contributed by atoms with Crippen molar-refractivity contribution in [3.63, 3.8) is 0 Å². The van der Waals surface area contributed by atoms with E-state index in [4.69, 9.17) is 10.7 Å². The SMILES string of the molecule is Cc1ccc(Cn2c(-c3ccc(N)cc3)nc3cc(C)c(C)cc32)cc1. The summed E-state index contributed by atoms with van der Waals surface area (Å²) in [6.07, 6.45) is 0. The van der Waals surface area contributed by atoms with Gasteiger partial charge < -0.3 is 10.3 Å². The molecule has 0 aliphatic heterocycles. The Morgan fingerprint density at radius 2 is 1.50 bits per heavy atom. The van der Waals surface area contributed by atoms with Gasteiger partial charge >= 0.3 is 0 Å². The highest BCUT2D eigenvalue weighted by Crippen LogP contribution is 2.28. The van der Waals surface area contributed by atoms with Gasteiger partial charge in [0.1, 0.15) is 5.82 Å². The van der Waals surface area contributed by atoms with Crippen LogP contribution < -0.4 is 5.73 Å². The van der Waals surface area contributed by atoms with E-state index in [1.54, 1.807) is 0 Å². The van der Waals surface area contributed by atoms with Crippen LogP contribution in [-0.4, -0.2) is 9.55 Å². The maximum absolute atomic E-state index is 5.87. The van der Waals surface area contributed by atoms with Crippen molar-refractivity contribution in [2.75, 3.05) is 5.73 Å². The predicted molar refractivity (Wildman–Crippen MR) is 109 cm³/mol. The minimum atomic E-state index is 0.765. The largest absolute Gasteiger partial charge is 0.399 e. The molecule has 1 aromatic heterocycles. The van der Waals surface area contributed by atoms with Gasteiger partial charge in [-0.1, -0.05) is 29.8 Å². The first-order valence-electron chi connectivity index (χ1n) is 8.90. The zero-order valence-electron chi connectivity index (χ0n) is 15.5. The average Bonchev–Trinajstić information content (AvgIpc) is 2.95. The fourth-order valence-corrected chi connectivity index (χ4v) is 3.27. The summed E-state index contributed by atoms with van der Waals surface area (Å²) in [5.41, 5.74) is 15.0. The number of aromatic nitrogens is 2. The lowest BCUT2D eigenvalue weighted by molar-refractivity contribution is 0.833. The third-order valence-electron chi connectivity index (χ3n) is 4.99. The van der Waals surface area contributed by atoms with E-state index >= 15 is 0 Å². The Bertz CT molecular complexity index is 1070. The number of imidazole rings is 1. The van der Waals surface area contributed by atoms with Crippen LogP contribution in [0.4, 0.5) is 5.69 Å². The summed E-state index contributed by atoms with van der Waals surface area (Å²) in [5.74, 6) is 0.977. The summed E-state index contributed by atoms with van der Waals surface area (Å²) in [6, 6.07) is 21.1. The third kappa shape index (κ3) is 2.97. The molecule has 3 heteroatoms. The average molecular weight is 341 g/mol. The van der Waals surface area contributed by atoms with Crippen LogP contribution in [0.3, 0.4) is 0 Å². The molecule has 0 radical (unpaired) electrons. The van der Waals surface area contributed by atoms with Gasteiger partial charge in [-0.05, 0) is 73.9 Å². The van der Waals surface area contributed by atoms with Crippen molar-refractivity contribution in [2.45, 2.75) is 27.3 Å². The fraction of sp³-hybridized carbons (Fsp3) is 0.174. The number of nitrogens with two attached hydrogens (primary N) is 1. The number of rotatable bonds is 3. The maximum atomic E-state index is 5.87. The van der Waals surface area contributed by atoms with E-state index in [9.17, 15) is 0 Å². The van der Waals surface area contributed by atoms with Gasteiger partial charge in [-0.25, -0.2) is 4.98 Å². The van der Waals surface area contributed by atoms with Crippen LogP contribution in [0.1, 0.15) is 22.3 Å². The third-order valence-corrected chi connectivity index (χ3v) is 4.99. The quantitative estimate of drug-likeness (QED) is 0.517. The second-order valence-corrected chi connectivity index (χ2v) is 7.05. The van der Waals surface area contributed by atoms with Gasteiger partial charge in [0, 0.05) is 17.8 Å². The Kier molecular flexibility index (Phi) is 4.00. The summed E-state index contributed by atoms with van der Waals surface area (Å²) in [7, 11) is 0. The Morgan fingerprint density at radius 1 is 0.846 bits per heavy atom. The first kappa shape index (κ1) is 16.4. The molecule has 0 saturated heterocycles. The number of anilines is 1. The van der Waals surface area contributed by atoms with Crippen molar-refractivity contribution in [1.29, 1.82) is 0 Å². The van der Waals surface area contributed by atoms with Crippen LogP contribution in [0.15, 0.2) is 60.7 Å². The molecule has 130 valence electrons. The van der Waals surface area contributed by atoms with E-state index in [0.717, 1.165) is 29.1 Å². The Morgan fingerprint density at radius 3 is 2.19 bits per heavy atom. The molecule has 0 bridgehead atoms. The van der Waals surface area contributed by atoms with Crippen LogP contribution in [-0.2, 0) is 6.54 Å². The molecule has 0 aliphatic carbocycles. The molecular weight excluding hydrogens is 318 g/mol. The summed E-state index contributed by atoms with van der Waals surface area (Å²) in [5, 5.41) is 0. The molecule has 4 rings (SSSR count). The number of nitrogens with zero attached hydrogens (tertiary/aromatic N) is 2. The van der Waals surface area contributed by atoms with Gasteiger partial charge in [0.2, 0.25) is 0 Å².